The zero-order chi connectivity index (χ0) is 21.5. The van der Waals surface area contributed by atoms with Gasteiger partial charge in [-0.2, -0.15) is 0 Å². The summed E-state index contributed by atoms with van der Waals surface area (Å²) in [6.07, 6.45) is 1.33. The summed E-state index contributed by atoms with van der Waals surface area (Å²) >= 11 is 0. The van der Waals surface area contributed by atoms with Gasteiger partial charge in [0.2, 0.25) is 15.9 Å². The van der Waals surface area contributed by atoms with Crippen LogP contribution in [0, 0.1) is 6.92 Å². The van der Waals surface area contributed by atoms with Gasteiger partial charge in [0.05, 0.1) is 10.6 Å². The molecule has 2 heterocycles. The number of aryl methyl sites for hydroxylation is 1. The lowest BCUT2D eigenvalue weighted by molar-refractivity contribution is -0.119. The SMILES string of the molecule is Cc1cc(N2CCCC2=O)ccc1S(=O)(=O)NC(C)c1ccc2c(c1)NC(=O)CO2. The molecular formula is C21H23N3O5S. The number of rotatable bonds is 5. The van der Waals surface area contributed by atoms with Crippen LogP contribution in [-0.2, 0) is 19.6 Å². The van der Waals surface area contributed by atoms with Crippen molar-refractivity contribution in [1.29, 1.82) is 0 Å². The lowest BCUT2D eigenvalue weighted by Crippen LogP contribution is -2.29. The quantitative estimate of drug-likeness (QED) is 0.760. The molecule has 0 bridgehead atoms. The molecule has 2 aliphatic rings. The molecule has 0 radical (unpaired) electrons. The average molecular weight is 429 g/mol. The van der Waals surface area contributed by atoms with Crippen molar-refractivity contribution < 1.29 is 22.7 Å². The van der Waals surface area contributed by atoms with Crippen molar-refractivity contribution in [3.63, 3.8) is 0 Å². The van der Waals surface area contributed by atoms with Gasteiger partial charge in [-0.15, -0.1) is 0 Å². The van der Waals surface area contributed by atoms with Crippen molar-refractivity contribution in [2.45, 2.75) is 37.6 Å². The van der Waals surface area contributed by atoms with E-state index in [1.54, 1.807) is 49.1 Å². The Balaban J connectivity index is 1.55. The zero-order valence-corrected chi connectivity index (χ0v) is 17.6. The fraction of sp³-hybridized carbons (Fsp3) is 0.333. The summed E-state index contributed by atoms with van der Waals surface area (Å²) in [4.78, 5) is 25.3. The molecule has 2 aromatic carbocycles. The molecule has 2 aliphatic heterocycles. The van der Waals surface area contributed by atoms with Crippen LogP contribution in [0.25, 0.3) is 0 Å². The smallest absolute Gasteiger partial charge is 0.262 e. The van der Waals surface area contributed by atoms with Crippen LogP contribution in [0.1, 0.15) is 36.9 Å². The molecule has 30 heavy (non-hydrogen) atoms. The number of anilines is 2. The maximum absolute atomic E-state index is 13.0. The molecule has 0 aliphatic carbocycles. The Labute approximate surface area is 175 Å². The number of ether oxygens (including phenoxy) is 1. The third-order valence-corrected chi connectivity index (χ3v) is 7.00. The largest absolute Gasteiger partial charge is 0.482 e. The van der Waals surface area contributed by atoms with Gasteiger partial charge in [0.1, 0.15) is 5.75 Å². The summed E-state index contributed by atoms with van der Waals surface area (Å²) in [6.45, 7) is 4.07. The molecule has 1 fully saturated rings. The van der Waals surface area contributed by atoms with Crippen LogP contribution in [0.5, 0.6) is 5.75 Å². The van der Waals surface area contributed by atoms with E-state index in [0.29, 0.717) is 41.2 Å². The highest BCUT2D eigenvalue weighted by molar-refractivity contribution is 7.89. The lowest BCUT2D eigenvalue weighted by Gasteiger charge is -2.21. The highest BCUT2D eigenvalue weighted by Gasteiger charge is 2.25. The molecule has 1 saturated heterocycles. The van der Waals surface area contributed by atoms with E-state index in [2.05, 4.69) is 10.0 Å². The van der Waals surface area contributed by atoms with Gasteiger partial charge in [-0.3, -0.25) is 9.59 Å². The third-order valence-electron chi connectivity index (χ3n) is 5.30. The molecule has 0 saturated carbocycles. The fourth-order valence-electron chi connectivity index (χ4n) is 3.76. The molecule has 2 N–H and O–H groups in total. The number of hydrogen-bond donors (Lipinski definition) is 2. The molecule has 0 aromatic heterocycles. The Morgan fingerprint density at radius 3 is 2.67 bits per heavy atom. The van der Waals surface area contributed by atoms with E-state index in [1.807, 2.05) is 0 Å². The van der Waals surface area contributed by atoms with Crippen LogP contribution < -0.4 is 19.7 Å². The van der Waals surface area contributed by atoms with Gasteiger partial charge in [0, 0.05) is 24.7 Å². The number of carbonyl (C=O) groups excluding carboxylic acids is 2. The highest BCUT2D eigenvalue weighted by Crippen LogP contribution is 2.31. The number of nitrogens with zero attached hydrogens (tertiary/aromatic N) is 1. The van der Waals surface area contributed by atoms with E-state index in [4.69, 9.17) is 4.74 Å². The van der Waals surface area contributed by atoms with Crippen LogP contribution in [-0.4, -0.2) is 33.4 Å². The Hall–Kier alpha value is -2.91. The van der Waals surface area contributed by atoms with E-state index < -0.39 is 16.1 Å². The second kappa shape index (κ2) is 7.73. The summed E-state index contributed by atoms with van der Waals surface area (Å²) in [6, 6.07) is 9.58. The van der Waals surface area contributed by atoms with Crippen LogP contribution >= 0.6 is 0 Å². The molecule has 1 unspecified atom stereocenters. The standard InChI is InChI=1S/C21H23N3O5S/c1-13-10-16(24-9-3-4-21(24)26)6-8-19(13)30(27,28)23-14(2)15-5-7-18-17(11-15)22-20(25)12-29-18/h5-8,10-11,14,23H,3-4,9,12H2,1-2H3,(H,22,25). The predicted octanol–water partition coefficient (Wildman–Crippen LogP) is 2.49. The van der Waals surface area contributed by atoms with Crippen LogP contribution in [0.4, 0.5) is 11.4 Å². The molecule has 2 aromatic rings. The zero-order valence-electron chi connectivity index (χ0n) is 16.8. The summed E-state index contributed by atoms with van der Waals surface area (Å²) in [5, 5.41) is 2.72. The van der Waals surface area contributed by atoms with Crippen LogP contribution in [0.2, 0.25) is 0 Å². The molecular weight excluding hydrogens is 406 g/mol. The predicted molar refractivity (Wildman–Crippen MR) is 112 cm³/mol. The maximum atomic E-state index is 13.0. The summed E-state index contributed by atoms with van der Waals surface area (Å²) in [7, 11) is -3.80. The number of hydrogen-bond acceptors (Lipinski definition) is 5. The van der Waals surface area contributed by atoms with Crippen LogP contribution in [0.15, 0.2) is 41.3 Å². The second-order valence-electron chi connectivity index (χ2n) is 7.53. The molecule has 0 spiro atoms. The molecule has 2 amide bonds. The minimum absolute atomic E-state index is 0.0349. The fourth-order valence-corrected chi connectivity index (χ4v) is 5.22. The van der Waals surface area contributed by atoms with Crippen molar-refractivity contribution in [2.24, 2.45) is 0 Å². The topological polar surface area (TPSA) is 105 Å². The van der Waals surface area contributed by atoms with Gasteiger partial charge in [-0.25, -0.2) is 13.1 Å². The van der Waals surface area contributed by atoms with E-state index in [9.17, 15) is 18.0 Å². The number of benzene rings is 2. The average Bonchev–Trinajstić information content (AvgIpc) is 3.12. The van der Waals surface area contributed by atoms with Gasteiger partial charge in [0.15, 0.2) is 6.61 Å². The molecule has 9 heteroatoms. The first-order valence-electron chi connectivity index (χ1n) is 9.74. The van der Waals surface area contributed by atoms with E-state index in [1.165, 1.54) is 6.07 Å². The first-order valence-corrected chi connectivity index (χ1v) is 11.2. The van der Waals surface area contributed by atoms with Crippen molar-refractivity contribution in [3.8, 4) is 5.75 Å². The van der Waals surface area contributed by atoms with Crippen molar-refractivity contribution in [2.75, 3.05) is 23.4 Å². The number of fused-ring (bicyclic) bond motifs is 1. The lowest BCUT2D eigenvalue weighted by atomic mass is 10.1. The number of nitrogens with one attached hydrogen (secondary N) is 2. The normalized spacial score (nSPS) is 17.3. The number of sulfonamides is 1. The monoisotopic (exact) mass is 429 g/mol. The first kappa shape index (κ1) is 20.4. The van der Waals surface area contributed by atoms with E-state index in [0.717, 1.165) is 6.42 Å². The minimum Gasteiger partial charge on any atom is -0.482 e. The van der Waals surface area contributed by atoms with E-state index in [-0.39, 0.29) is 23.3 Å². The molecule has 1 atom stereocenters. The summed E-state index contributed by atoms with van der Waals surface area (Å²) < 4.78 is 34.0. The molecule has 158 valence electrons. The maximum Gasteiger partial charge on any atom is 0.262 e. The number of carbonyl (C=O) groups is 2. The third kappa shape index (κ3) is 3.90. The Kier molecular flexibility index (Phi) is 5.25. The van der Waals surface area contributed by atoms with Crippen molar-refractivity contribution in [3.05, 3.63) is 47.5 Å². The number of amides is 2. The Bertz CT molecular complexity index is 1130. The first-order chi connectivity index (χ1) is 14.2. The highest BCUT2D eigenvalue weighted by atomic mass is 32.2. The molecule has 8 nitrogen and oxygen atoms in total. The van der Waals surface area contributed by atoms with Crippen molar-refractivity contribution >= 4 is 33.2 Å². The van der Waals surface area contributed by atoms with Crippen LogP contribution in [0.3, 0.4) is 0 Å². The molecule has 4 rings (SSSR count). The minimum atomic E-state index is -3.80. The van der Waals surface area contributed by atoms with Gasteiger partial charge in [0.25, 0.3) is 5.91 Å². The van der Waals surface area contributed by atoms with Gasteiger partial charge in [-0.05, 0) is 61.7 Å². The second-order valence-corrected chi connectivity index (χ2v) is 9.22. The van der Waals surface area contributed by atoms with Gasteiger partial charge < -0.3 is 15.0 Å². The summed E-state index contributed by atoms with van der Waals surface area (Å²) in [5.74, 6) is 0.358. The Morgan fingerprint density at radius 1 is 1.17 bits per heavy atom. The van der Waals surface area contributed by atoms with Gasteiger partial charge >= 0.3 is 0 Å². The van der Waals surface area contributed by atoms with E-state index >= 15 is 0 Å². The Morgan fingerprint density at radius 2 is 1.97 bits per heavy atom. The van der Waals surface area contributed by atoms with Crippen molar-refractivity contribution in [1.82, 2.24) is 4.72 Å². The van der Waals surface area contributed by atoms with Gasteiger partial charge in [-0.1, -0.05) is 6.07 Å². The summed E-state index contributed by atoms with van der Waals surface area (Å²) in [5.41, 5.74) is 2.50.